The number of guanidine groups is 1. The van der Waals surface area contributed by atoms with E-state index in [-0.39, 0.29) is 0 Å². The summed E-state index contributed by atoms with van der Waals surface area (Å²) in [6, 6.07) is 4.83. The van der Waals surface area contributed by atoms with Crippen LogP contribution in [0.4, 0.5) is 5.00 Å². The van der Waals surface area contributed by atoms with Crippen LogP contribution < -0.4 is 15.5 Å². The monoisotopic (exact) mass is 368 g/mol. The molecule has 0 atom stereocenters. The lowest BCUT2D eigenvalue weighted by molar-refractivity contribution is 0.0689. The van der Waals surface area contributed by atoms with Gasteiger partial charge in [-0.1, -0.05) is 0 Å². The maximum Gasteiger partial charge on any atom is 0.191 e. The van der Waals surface area contributed by atoms with Gasteiger partial charge in [-0.05, 0) is 43.2 Å². The Morgan fingerprint density at radius 3 is 2.80 bits per heavy atom. The van der Waals surface area contributed by atoms with E-state index >= 15 is 0 Å². The molecule has 0 bridgehead atoms. The summed E-state index contributed by atoms with van der Waals surface area (Å²) in [4.78, 5) is 6.82. The number of thiophene rings is 1. The highest BCUT2D eigenvalue weighted by Crippen LogP contribution is 2.24. The Bertz CT molecular complexity index is 473. The van der Waals surface area contributed by atoms with Gasteiger partial charge in [0.1, 0.15) is 0 Å². The summed E-state index contributed by atoms with van der Waals surface area (Å²) in [5.41, 5.74) is 0. The normalized spacial score (nSPS) is 16.2. The van der Waals surface area contributed by atoms with Crippen LogP contribution in [-0.2, 0) is 9.47 Å². The minimum Gasteiger partial charge on any atom is -0.382 e. The molecule has 1 saturated heterocycles. The largest absolute Gasteiger partial charge is 0.382 e. The van der Waals surface area contributed by atoms with Crippen LogP contribution in [0.1, 0.15) is 25.7 Å². The van der Waals surface area contributed by atoms with E-state index in [0.717, 1.165) is 57.9 Å². The van der Waals surface area contributed by atoms with Gasteiger partial charge < -0.3 is 25.0 Å². The molecule has 2 heterocycles. The summed E-state index contributed by atoms with van der Waals surface area (Å²) in [5.74, 6) is 0.912. The second-order valence-electron chi connectivity index (χ2n) is 6.17. The molecule has 1 aliphatic rings. The van der Waals surface area contributed by atoms with Gasteiger partial charge in [-0.3, -0.25) is 4.99 Å². The molecule has 1 aromatic heterocycles. The number of nitrogens with zero attached hydrogens (tertiary/aromatic N) is 2. The van der Waals surface area contributed by atoms with E-state index in [9.17, 15) is 0 Å². The minimum absolute atomic E-state index is 0.500. The average molecular weight is 369 g/mol. The highest BCUT2D eigenvalue weighted by molar-refractivity contribution is 7.14. The summed E-state index contributed by atoms with van der Waals surface area (Å²) in [5, 5.41) is 10.5. The van der Waals surface area contributed by atoms with E-state index in [1.165, 1.54) is 5.00 Å². The molecule has 1 aliphatic heterocycles. The maximum absolute atomic E-state index is 5.47. The van der Waals surface area contributed by atoms with Crippen molar-refractivity contribution in [3.63, 3.8) is 0 Å². The summed E-state index contributed by atoms with van der Waals surface area (Å²) >= 11 is 1.82. The van der Waals surface area contributed by atoms with Crippen LogP contribution in [0.5, 0.6) is 0 Å². The quantitative estimate of drug-likeness (QED) is 0.377. The molecule has 0 spiro atoms. The number of nitrogens with one attached hydrogen (secondary N) is 2. The molecule has 0 aliphatic carbocycles. The van der Waals surface area contributed by atoms with Gasteiger partial charge in [0.25, 0.3) is 0 Å². The lowest BCUT2D eigenvalue weighted by atomic mass is 10.1. The van der Waals surface area contributed by atoms with E-state index in [1.54, 1.807) is 7.11 Å². The topological polar surface area (TPSA) is 58.1 Å². The predicted molar refractivity (Wildman–Crippen MR) is 106 cm³/mol. The Kier molecular flexibility index (Phi) is 9.69. The fourth-order valence-corrected chi connectivity index (χ4v) is 3.65. The first-order valence-electron chi connectivity index (χ1n) is 9.16. The van der Waals surface area contributed by atoms with Crippen molar-refractivity contribution < 1.29 is 9.47 Å². The highest BCUT2D eigenvalue weighted by atomic mass is 32.1. The van der Waals surface area contributed by atoms with Gasteiger partial charge in [-0.25, -0.2) is 0 Å². The van der Waals surface area contributed by atoms with E-state index in [1.807, 2.05) is 18.4 Å². The first-order valence-corrected chi connectivity index (χ1v) is 10.0. The summed E-state index contributed by atoms with van der Waals surface area (Å²) in [6.07, 6.45) is 4.41. The first-order chi connectivity index (χ1) is 12.3. The number of methoxy groups -OCH3 is 1. The molecule has 0 saturated carbocycles. The van der Waals surface area contributed by atoms with Crippen molar-refractivity contribution in [2.24, 2.45) is 4.99 Å². The molecule has 0 unspecified atom stereocenters. The van der Waals surface area contributed by atoms with Crippen LogP contribution in [0.15, 0.2) is 22.5 Å². The Balaban J connectivity index is 1.55. The highest BCUT2D eigenvalue weighted by Gasteiger charge is 2.20. The number of hydrogen-bond acceptors (Lipinski definition) is 5. The standard InChI is InChI=1S/C18H32N4O2S/c1-19-18(20-9-3-4-12-24-14-13-23-2)21-16-7-10-22(11-8-16)17-6-5-15-25-17/h5-6,15-16H,3-4,7-14H2,1-2H3,(H2,19,20,21). The molecule has 6 nitrogen and oxygen atoms in total. The van der Waals surface area contributed by atoms with E-state index in [4.69, 9.17) is 9.47 Å². The van der Waals surface area contributed by atoms with E-state index in [0.29, 0.717) is 19.3 Å². The second-order valence-corrected chi connectivity index (χ2v) is 7.09. The second kappa shape index (κ2) is 12.1. The van der Waals surface area contributed by atoms with Crippen LogP contribution in [0.3, 0.4) is 0 Å². The molecular formula is C18H32N4O2S. The van der Waals surface area contributed by atoms with Crippen LogP contribution in [0.2, 0.25) is 0 Å². The van der Waals surface area contributed by atoms with Gasteiger partial charge in [0.2, 0.25) is 0 Å². The summed E-state index contributed by atoms with van der Waals surface area (Å²) in [7, 11) is 3.53. The molecular weight excluding hydrogens is 336 g/mol. The van der Waals surface area contributed by atoms with E-state index in [2.05, 4.69) is 38.0 Å². The van der Waals surface area contributed by atoms with Gasteiger partial charge >= 0.3 is 0 Å². The van der Waals surface area contributed by atoms with Crippen molar-refractivity contribution in [1.29, 1.82) is 0 Å². The molecule has 0 radical (unpaired) electrons. The fraction of sp³-hybridized carbons (Fsp3) is 0.722. The van der Waals surface area contributed by atoms with Gasteiger partial charge in [-0.2, -0.15) is 0 Å². The molecule has 1 aromatic rings. The molecule has 0 amide bonds. The SMILES string of the molecule is CN=C(NCCCCOCCOC)NC1CCN(c2cccs2)CC1. The van der Waals surface area contributed by atoms with Crippen molar-refractivity contribution in [2.45, 2.75) is 31.7 Å². The Hall–Kier alpha value is -1.31. The van der Waals surface area contributed by atoms with Gasteiger partial charge in [0.05, 0.1) is 18.2 Å². The van der Waals surface area contributed by atoms with Crippen LogP contribution in [0.25, 0.3) is 0 Å². The molecule has 2 N–H and O–H groups in total. The number of piperidine rings is 1. The Morgan fingerprint density at radius 1 is 1.28 bits per heavy atom. The number of ether oxygens (including phenoxy) is 2. The van der Waals surface area contributed by atoms with Gasteiger partial charge in [0, 0.05) is 46.4 Å². The van der Waals surface area contributed by atoms with Crippen molar-refractivity contribution >= 4 is 22.3 Å². The number of rotatable bonds is 10. The van der Waals surface area contributed by atoms with Crippen LogP contribution in [0, 0.1) is 0 Å². The van der Waals surface area contributed by atoms with Crippen LogP contribution in [-0.4, -0.2) is 65.6 Å². The predicted octanol–water partition coefficient (Wildman–Crippen LogP) is 2.33. The minimum atomic E-state index is 0.500. The van der Waals surface area contributed by atoms with Gasteiger partial charge in [-0.15, -0.1) is 11.3 Å². The lowest BCUT2D eigenvalue weighted by Crippen LogP contribution is -2.48. The smallest absolute Gasteiger partial charge is 0.191 e. The van der Waals surface area contributed by atoms with Gasteiger partial charge in [0.15, 0.2) is 5.96 Å². The van der Waals surface area contributed by atoms with Crippen LogP contribution >= 0.6 is 11.3 Å². The average Bonchev–Trinajstić information content (AvgIpc) is 3.18. The van der Waals surface area contributed by atoms with Crippen molar-refractivity contribution in [3.8, 4) is 0 Å². The first kappa shape index (κ1) is 20.0. The third-order valence-corrected chi connectivity index (χ3v) is 5.25. The number of aliphatic imine (C=N–C) groups is 1. The number of anilines is 1. The zero-order valence-electron chi connectivity index (χ0n) is 15.5. The molecule has 1 fully saturated rings. The zero-order valence-corrected chi connectivity index (χ0v) is 16.3. The molecule has 0 aromatic carbocycles. The third-order valence-electron chi connectivity index (χ3n) is 4.32. The Morgan fingerprint density at radius 2 is 2.12 bits per heavy atom. The maximum atomic E-state index is 5.47. The third kappa shape index (κ3) is 7.63. The number of hydrogen-bond donors (Lipinski definition) is 2. The van der Waals surface area contributed by atoms with Crippen molar-refractivity contribution in [2.75, 3.05) is 58.5 Å². The fourth-order valence-electron chi connectivity index (χ4n) is 2.86. The summed E-state index contributed by atoms with van der Waals surface area (Å²) in [6.45, 7) is 5.26. The Labute approximate surface area is 155 Å². The van der Waals surface area contributed by atoms with E-state index < -0.39 is 0 Å². The summed E-state index contributed by atoms with van der Waals surface area (Å²) < 4.78 is 10.4. The van der Waals surface area contributed by atoms with Crippen molar-refractivity contribution in [3.05, 3.63) is 17.5 Å². The van der Waals surface area contributed by atoms with Crippen molar-refractivity contribution in [1.82, 2.24) is 10.6 Å². The molecule has 2 rings (SSSR count). The zero-order chi connectivity index (χ0) is 17.7. The molecule has 7 heteroatoms. The lowest BCUT2D eigenvalue weighted by Gasteiger charge is -2.33. The molecule has 142 valence electrons. The number of unbranched alkanes of at least 4 members (excludes halogenated alkanes) is 1. The molecule has 25 heavy (non-hydrogen) atoms.